The zero-order valence-electron chi connectivity index (χ0n) is 11.5. The summed E-state index contributed by atoms with van der Waals surface area (Å²) in [5.74, 6) is 0.548. The molecule has 0 heterocycles. The van der Waals surface area contributed by atoms with E-state index in [0.717, 1.165) is 15.6 Å². The Balaban J connectivity index is 1.91. The maximum Gasteiger partial charge on any atom is 0.244 e. The van der Waals surface area contributed by atoms with E-state index in [0.29, 0.717) is 5.75 Å². The number of hydrogen-bond donors (Lipinski definition) is 1. The van der Waals surface area contributed by atoms with Gasteiger partial charge in [0.1, 0.15) is 5.75 Å². The minimum absolute atomic E-state index is 0.163. The highest BCUT2D eigenvalue weighted by Crippen LogP contribution is 2.14. The molecule has 0 unspecified atom stereocenters. The largest absolute Gasteiger partial charge is 0.496 e. The zero-order valence-corrected chi connectivity index (χ0v) is 13.1. The summed E-state index contributed by atoms with van der Waals surface area (Å²) in [6.07, 6.45) is 1.86. The first-order valence-corrected chi connectivity index (χ1v) is 7.17. The molecule has 2 rings (SSSR count). The third-order valence-corrected chi connectivity index (χ3v) is 3.34. The van der Waals surface area contributed by atoms with Crippen molar-refractivity contribution in [1.82, 2.24) is 5.43 Å². The zero-order chi connectivity index (χ0) is 15.1. The van der Waals surface area contributed by atoms with Crippen LogP contribution in [0, 0.1) is 0 Å². The number of para-hydroxylation sites is 1. The lowest BCUT2D eigenvalue weighted by Gasteiger charge is -2.03. The van der Waals surface area contributed by atoms with Crippen LogP contribution in [0.2, 0.25) is 0 Å². The number of amides is 1. The SMILES string of the molecule is COc1ccccc1/C=N/NC(=O)Cc1ccc(Br)cc1. The first kappa shape index (κ1) is 15.3. The normalized spacial score (nSPS) is 10.6. The molecule has 4 nitrogen and oxygen atoms in total. The predicted octanol–water partition coefficient (Wildman–Crippen LogP) is 3.15. The summed E-state index contributed by atoms with van der Waals surface area (Å²) in [6, 6.07) is 15.1. The number of rotatable bonds is 5. The number of carbonyl (C=O) groups is 1. The molecular formula is C16H15BrN2O2. The molecule has 2 aromatic carbocycles. The third kappa shape index (κ3) is 4.72. The van der Waals surface area contributed by atoms with Gasteiger partial charge in [-0.1, -0.05) is 40.2 Å². The molecule has 21 heavy (non-hydrogen) atoms. The first-order chi connectivity index (χ1) is 10.2. The number of nitrogens with one attached hydrogen (secondary N) is 1. The first-order valence-electron chi connectivity index (χ1n) is 6.38. The van der Waals surface area contributed by atoms with Crippen molar-refractivity contribution in [3.8, 4) is 5.75 Å². The summed E-state index contributed by atoms with van der Waals surface area (Å²) in [7, 11) is 1.60. The summed E-state index contributed by atoms with van der Waals surface area (Å²) >= 11 is 3.36. The Bertz CT molecular complexity index is 639. The van der Waals surface area contributed by atoms with E-state index >= 15 is 0 Å². The van der Waals surface area contributed by atoms with Gasteiger partial charge >= 0.3 is 0 Å². The monoisotopic (exact) mass is 346 g/mol. The molecule has 0 aliphatic heterocycles. The van der Waals surface area contributed by atoms with Crippen molar-refractivity contribution in [1.29, 1.82) is 0 Å². The molecule has 0 bridgehead atoms. The van der Waals surface area contributed by atoms with Crippen LogP contribution in [0.4, 0.5) is 0 Å². The molecule has 2 aromatic rings. The molecule has 0 aliphatic carbocycles. The van der Waals surface area contributed by atoms with Crippen LogP contribution in [0.1, 0.15) is 11.1 Å². The molecule has 0 saturated heterocycles. The van der Waals surface area contributed by atoms with Crippen LogP contribution in [0.5, 0.6) is 5.75 Å². The molecule has 0 fully saturated rings. The van der Waals surface area contributed by atoms with Crippen LogP contribution in [0.15, 0.2) is 58.1 Å². The predicted molar refractivity (Wildman–Crippen MR) is 86.6 cm³/mol. The van der Waals surface area contributed by atoms with Crippen molar-refractivity contribution >= 4 is 28.1 Å². The van der Waals surface area contributed by atoms with Crippen LogP contribution in [0.3, 0.4) is 0 Å². The van der Waals surface area contributed by atoms with Gasteiger partial charge in [0.05, 0.1) is 19.7 Å². The van der Waals surface area contributed by atoms with Gasteiger partial charge in [0.15, 0.2) is 0 Å². The smallest absolute Gasteiger partial charge is 0.244 e. The Hall–Kier alpha value is -2.14. The van der Waals surface area contributed by atoms with E-state index in [2.05, 4.69) is 26.5 Å². The molecule has 1 amide bonds. The minimum atomic E-state index is -0.163. The van der Waals surface area contributed by atoms with Crippen LogP contribution in [-0.2, 0) is 11.2 Å². The highest BCUT2D eigenvalue weighted by Gasteiger charge is 2.02. The minimum Gasteiger partial charge on any atom is -0.496 e. The second kappa shape index (κ2) is 7.59. The number of halogens is 1. The number of nitrogens with zero attached hydrogens (tertiary/aromatic N) is 1. The molecule has 0 spiro atoms. The summed E-state index contributed by atoms with van der Waals surface area (Å²) in [6.45, 7) is 0. The maximum absolute atomic E-state index is 11.8. The quantitative estimate of drug-likeness (QED) is 0.667. The van der Waals surface area contributed by atoms with E-state index in [-0.39, 0.29) is 12.3 Å². The van der Waals surface area contributed by atoms with Crippen molar-refractivity contribution in [3.05, 3.63) is 64.1 Å². The molecule has 108 valence electrons. The van der Waals surface area contributed by atoms with E-state index in [9.17, 15) is 4.79 Å². The fourth-order valence-corrected chi connectivity index (χ4v) is 2.04. The number of benzene rings is 2. The standard InChI is InChI=1S/C16H15BrN2O2/c1-21-15-5-3-2-4-13(15)11-18-19-16(20)10-12-6-8-14(17)9-7-12/h2-9,11H,10H2,1H3,(H,19,20)/b18-11+. The van der Waals surface area contributed by atoms with E-state index in [1.807, 2.05) is 48.5 Å². The molecule has 0 aliphatic rings. The Morgan fingerprint density at radius 2 is 1.95 bits per heavy atom. The Kier molecular flexibility index (Phi) is 5.51. The van der Waals surface area contributed by atoms with Crippen molar-refractivity contribution in [2.75, 3.05) is 7.11 Å². The van der Waals surface area contributed by atoms with Gasteiger partial charge in [-0.2, -0.15) is 5.10 Å². The average Bonchev–Trinajstić information content (AvgIpc) is 2.50. The van der Waals surface area contributed by atoms with Gasteiger partial charge in [-0.3, -0.25) is 4.79 Å². The molecular weight excluding hydrogens is 332 g/mol. The maximum atomic E-state index is 11.8. The van der Waals surface area contributed by atoms with Gasteiger partial charge in [0.2, 0.25) is 5.91 Å². The molecule has 5 heteroatoms. The van der Waals surface area contributed by atoms with E-state index in [4.69, 9.17) is 4.74 Å². The van der Waals surface area contributed by atoms with E-state index in [1.54, 1.807) is 13.3 Å². The number of hydrazone groups is 1. The topological polar surface area (TPSA) is 50.7 Å². The Labute approximate surface area is 132 Å². The van der Waals surface area contributed by atoms with Crippen LogP contribution in [0.25, 0.3) is 0 Å². The van der Waals surface area contributed by atoms with E-state index < -0.39 is 0 Å². The number of hydrogen-bond acceptors (Lipinski definition) is 3. The van der Waals surface area contributed by atoms with Crippen LogP contribution in [-0.4, -0.2) is 19.2 Å². The van der Waals surface area contributed by atoms with Gasteiger partial charge in [0, 0.05) is 10.0 Å². The Morgan fingerprint density at radius 3 is 2.67 bits per heavy atom. The van der Waals surface area contributed by atoms with Gasteiger partial charge in [-0.25, -0.2) is 5.43 Å². The third-order valence-electron chi connectivity index (χ3n) is 2.81. The summed E-state index contributed by atoms with van der Waals surface area (Å²) in [5, 5.41) is 3.95. The van der Waals surface area contributed by atoms with Crippen LogP contribution < -0.4 is 10.2 Å². The lowest BCUT2D eigenvalue weighted by Crippen LogP contribution is -2.19. The summed E-state index contributed by atoms with van der Waals surface area (Å²) in [5.41, 5.74) is 4.25. The van der Waals surface area contributed by atoms with Crippen LogP contribution >= 0.6 is 15.9 Å². The van der Waals surface area contributed by atoms with Crippen molar-refractivity contribution < 1.29 is 9.53 Å². The fourth-order valence-electron chi connectivity index (χ4n) is 1.77. The second-order valence-corrected chi connectivity index (χ2v) is 5.25. The summed E-state index contributed by atoms with van der Waals surface area (Å²) in [4.78, 5) is 11.8. The highest BCUT2D eigenvalue weighted by atomic mass is 79.9. The number of carbonyl (C=O) groups excluding carboxylic acids is 1. The average molecular weight is 347 g/mol. The van der Waals surface area contributed by atoms with Crippen molar-refractivity contribution in [2.24, 2.45) is 5.10 Å². The molecule has 0 aromatic heterocycles. The highest BCUT2D eigenvalue weighted by molar-refractivity contribution is 9.10. The molecule has 0 atom stereocenters. The number of ether oxygens (including phenoxy) is 1. The van der Waals surface area contributed by atoms with Gasteiger partial charge in [-0.05, 0) is 29.8 Å². The van der Waals surface area contributed by atoms with Gasteiger partial charge < -0.3 is 4.74 Å². The van der Waals surface area contributed by atoms with Crippen molar-refractivity contribution in [2.45, 2.75) is 6.42 Å². The molecule has 1 N–H and O–H groups in total. The Morgan fingerprint density at radius 1 is 1.24 bits per heavy atom. The molecule has 0 saturated carbocycles. The lowest BCUT2D eigenvalue weighted by atomic mass is 10.1. The summed E-state index contributed by atoms with van der Waals surface area (Å²) < 4.78 is 6.19. The lowest BCUT2D eigenvalue weighted by molar-refractivity contribution is -0.120. The fraction of sp³-hybridized carbons (Fsp3) is 0.125. The molecule has 0 radical (unpaired) electrons. The van der Waals surface area contributed by atoms with Crippen molar-refractivity contribution in [3.63, 3.8) is 0 Å². The second-order valence-electron chi connectivity index (χ2n) is 4.34. The van der Waals surface area contributed by atoms with Gasteiger partial charge in [0.25, 0.3) is 0 Å². The van der Waals surface area contributed by atoms with E-state index in [1.165, 1.54) is 0 Å². The number of methoxy groups -OCH3 is 1. The van der Waals surface area contributed by atoms with Gasteiger partial charge in [-0.15, -0.1) is 0 Å².